The number of halogens is 1. The average molecular weight is 324 g/mol. The molecule has 0 amide bonds. The SMILES string of the molecule is CCNC(=NCc1ccc(F)c(C)c1)NCc1ccc(C#N)cc1. The zero-order valence-corrected chi connectivity index (χ0v) is 13.9. The van der Waals surface area contributed by atoms with Crippen molar-refractivity contribution in [2.24, 2.45) is 4.99 Å². The predicted molar refractivity (Wildman–Crippen MR) is 93.9 cm³/mol. The summed E-state index contributed by atoms with van der Waals surface area (Å²) in [6, 6.07) is 14.5. The molecule has 5 heteroatoms. The number of hydrogen-bond donors (Lipinski definition) is 2. The van der Waals surface area contributed by atoms with Crippen LogP contribution in [0.3, 0.4) is 0 Å². The molecule has 0 spiro atoms. The highest BCUT2D eigenvalue weighted by molar-refractivity contribution is 5.79. The number of nitrogens with zero attached hydrogens (tertiary/aromatic N) is 2. The molecule has 0 aliphatic carbocycles. The van der Waals surface area contributed by atoms with Gasteiger partial charge < -0.3 is 10.6 Å². The fourth-order valence-corrected chi connectivity index (χ4v) is 2.20. The van der Waals surface area contributed by atoms with Crippen LogP contribution < -0.4 is 10.6 Å². The van der Waals surface area contributed by atoms with E-state index >= 15 is 0 Å². The second-order valence-corrected chi connectivity index (χ2v) is 5.44. The fraction of sp³-hybridized carbons (Fsp3) is 0.263. The molecule has 2 aromatic rings. The van der Waals surface area contributed by atoms with E-state index in [-0.39, 0.29) is 5.82 Å². The van der Waals surface area contributed by atoms with Gasteiger partial charge in [-0.1, -0.05) is 24.3 Å². The van der Waals surface area contributed by atoms with Crippen molar-refractivity contribution in [2.45, 2.75) is 26.9 Å². The Bertz CT molecular complexity index is 745. The molecular formula is C19H21FN4. The number of rotatable bonds is 5. The third kappa shape index (κ3) is 5.10. The van der Waals surface area contributed by atoms with Crippen LogP contribution in [0.5, 0.6) is 0 Å². The van der Waals surface area contributed by atoms with Gasteiger partial charge in [-0.2, -0.15) is 5.26 Å². The summed E-state index contributed by atoms with van der Waals surface area (Å²) < 4.78 is 13.3. The molecule has 0 unspecified atom stereocenters. The van der Waals surface area contributed by atoms with Crippen LogP contribution in [-0.2, 0) is 13.1 Å². The molecule has 2 aromatic carbocycles. The molecule has 4 nitrogen and oxygen atoms in total. The number of guanidine groups is 1. The van der Waals surface area contributed by atoms with Gasteiger partial charge in [0.25, 0.3) is 0 Å². The maximum absolute atomic E-state index is 13.3. The van der Waals surface area contributed by atoms with Gasteiger partial charge in [0, 0.05) is 13.1 Å². The molecule has 0 aromatic heterocycles. The average Bonchev–Trinajstić information content (AvgIpc) is 2.60. The molecule has 0 aliphatic rings. The van der Waals surface area contributed by atoms with Gasteiger partial charge in [0.15, 0.2) is 5.96 Å². The normalized spacial score (nSPS) is 11.0. The van der Waals surface area contributed by atoms with Gasteiger partial charge in [-0.3, -0.25) is 0 Å². The van der Waals surface area contributed by atoms with E-state index < -0.39 is 0 Å². The Labute approximate surface area is 142 Å². The van der Waals surface area contributed by atoms with Gasteiger partial charge >= 0.3 is 0 Å². The highest BCUT2D eigenvalue weighted by Crippen LogP contribution is 2.10. The maximum Gasteiger partial charge on any atom is 0.191 e. The van der Waals surface area contributed by atoms with Crippen LogP contribution >= 0.6 is 0 Å². The summed E-state index contributed by atoms with van der Waals surface area (Å²) in [7, 11) is 0. The van der Waals surface area contributed by atoms with E-state index in [1.165, 1.54) is 6.07 Å². The number of nitriles is 1. The molecule has 24 heavy (non-hydrogen) atoms. The lowest BCUT2D eigenvalue weighted by Crippen LogP contribution is -2.36. The highest BCUT2D eigenvalue weighted by Gasteiger charge is 2.01. The quantitative estimate of drug-likeness (QED) is 0.655. The van der Waals surface area contributed by atoms with E-state index in [4.69, 9.17) is 5.26 Å². The molecule has 124 valence electrons. The van der Waals surface area contributed by atoms with Crippen molar-refractivity contribution in [3.63, 3.8) is 0 Å². The van der Waals surface area contributed by atoms with E-state index in [1.807, 2.05) is 25.1 Å². The van der Waals surface area contributed by atoms with Gasteiger partial charge in [0.05, 0.1) is 18.2 Å². The van der Waals surface area contributed by atoms with Gasteiger partial charge in [0.2, 0.25) is 0 Å². The number of aryl methyl sites for hydroxylation is 1. The molecule has 0 aliphatic heterocycles. The summed E-state index contributed by atoms with van der Waals surface area (Å²) >= 11 is 0. The molecule has 0 saturated carbocycles. The van der Waals surface area contributed by atoms with Crippen LogP contribution in [0.25, 0.3) is 0 Å². The second kappa shape index (κ2) is 8.68. The number of aliphatic imine (C=N–C) groups is 1. The number of benzene rings is 2. The number of nitrogens with one attached hydrogen (secondary N) is 2. The van der Waals surface area contributed by atoms with E-state index in [2.05, 4.69) is 21.7 Å². The zero-order valence-electron chi connectivity index (χ0n) is 13.9. The lowest BCUT2D eigenvalue weighted by atomic mass is 10.1. The summed E-state index contributed by atoms with van der Waals surface area (Å²) in [6.45, 7) is 5.59. The van der Waals surface area contributed by atoms with Crippen LogP contribution in [-0.4, -0.2) is 12.5 Å². The first-order chi connectivity index (χ1) is 11.6. The summed E-state index contributed by atoms with van der Waals surface area (Å²) in [6.07, 6.45) is 0. The summed E-state index contributed by atoms with van der Waals surface area (Å²) in [5.41, 5.74) is 3.30. The Balaban J connectivity index is 1.99. The minimum Gasteiger partial charge on any atom is -0.357 e. The smallest absolute Gasteiger partial charge is 0.191 e. The van der Waals surface area contributed by atoms with Crippen molar-refractivity contribution in [2.75, 3.05) is 6.54 Å². The molecule has 0 bridgehead atoms. The van der Waals surface area contributed by atoms with E-state index in [1.54, 1.807) is 25.1 Å². The molecule has 2 rings (SSSR count). The Hall–Kier alpha value is -2.87. The van der Waals surface area contributed by atoms with E-state index in [0.717, 1.165) is 17.7 Å². The van der Waals surface area contributed by atoms with Crippen molar-refractivity contribution in [3.05, 3.63) is 70.5 Å². The first kappa shape index (κ1) is 17.5. The Morgan fingerprint density at radius 3 is 2.46 bits per heavy atom. The fourth-order valence-electron chi connectivity index (χ4n) is 2.20. The van der Waals surface area contributed by atoms with Gasteiger partial charge in [-0.05, 0) is 48.7 Å². The summed E-state index contributed by atoms with van der Waals surface area (Å²) in [5, 5.41) is 15.2. The van der Waals surface area contributed by atoms with Crippen LogP contribution in [0.4, 0.5) is 4.39 Å². The largest absolute Gasteiger partial charge is 0.357 e. The third-order valence-electron chi connectivity index (χ3n) is 3.53. The first-order valence-corrected chi connectivity index (χ1v) is 7.88. The Morgan fingerprint density at radius 1 is 1.12 bits per heavy atom. The predicted octanol–water partition coefficient (Wildman–Crippen LogP) is 3.26. The van der Waals surface area contributed by atoms with Crippen LogP contribution in [0, 0.1) is 24.1 Å². The third-order valence-corrected chi connectivity index (χ3v) is 3.53. The lowest BCUT2D eigenvalue weighted by molar-refractivity contribution is 0.617. The van der Waals surface area contributed by atoms with Crippen LogP contribution in [0.2, 0.25) is 0 Å². The van der Waals surface area contributed by atoms with Crippen molar-refractivity contribution < 1.29 is 4.39 Å². The molecule has 0 heterocycles. The Kier molecular flexibility index (Phi) is 6.32. The van der Waals surface area contributed by atoms with E-state index in [9.17, 15) is 4.39 Å². The maximum atomic E-state index is 13.3. The van der Waals surface area contributed by atoms with Crippen molar-refractivity contribution in [1.29, 1.82) is 5.26 Å². The summed E-state index contributed by atoms with van der Waals surface area (Å²) in [4.78, 5) is 4.52. The molecule has 0 radical (unpaired) electrons. The second-order valence-electron chi connectivity index (χ2n) is 5.44. The van der Waals surface area contributed by atoms with Crippen molar-refractivity contribution >= 4 is 5.96 Å². The van der Waals surface area contributed by atoms with Crippen LogP contribution in [0.15, 0.2) is 47.5 Å². The monoisotopic (exact) mass is 324 g/mol. The first-order valence-electron chi connectivity index (χ1n) is 7.88. The molecule has 0 saturated heterocycles. The minimum atomic E-state index is -0.200. The topological polar surface area (TPSA) is 60.2 Å². The Morgan fingerprint density at radius 2 is 1.83 bits per heavy atom. The van der Waals surface area contributed by atoms with Crippen molar-refractivity contribution in [1.82, 2.24) is 10.6 Å². The molecule has 0 atom stereocenters. The minimum absolute atomic E-state index is 0.200. The molecule has 2 N–H and O–H groups in total. The zero-order chi connectivity index (χ0) is 17.4. The standard InChI is InChI=1S/C19H21FN4/c1-3-22-19(23-12-16-6-4-15(11-21)5-7-16)24-13-17-8-9-18(20)14(2)10-17/h4-10H,3,12-13H2,1-2H3,(H2,22,23,24). The van der Waals surface area contributed by atoms with Gasteiger partial charge in [-0.25, -0.2) is 9.38 Å². The summed E-state index contributed by atoms with van der Waals surface area (Å²) in [5.74, 6) is 0.498. The number of hydrogen-bond acceptors (Lipinski definition) is 2. The van der Waals surface area contributed by atoms with Crippen LogP contribution in [0.1, 0.15) is 29.2 Å². The highest BCUT2D eigenvalue weighted by atomic mass is 19.1. The lowest BCUT2D eigenvalue weighted by Gasteiger charge is -2.11. The van der Waals surface area contributed by atoms with E-state index in [0.29, 0.717) is 30.2 Å². The van der Waals surface area contributed by atoms with Gasteiger partial charge in [0.1, 0.15) is 5.82 Å². The van der Waals surface area contributed by atoms with Crippen molar-refractivity contribution in [3.8, 4) is 6.07 Å². The molecule has 0 fully saturated rings. The molecular weight excluding hydrogens is 303 g/mol. The van der Waals surface area contributed by atoms with Gasteiger partial charge in [-0.15, -0.1) is 0 Å².